The maximum Gasteiger partial charge on any atom is 0.410 e. The number of hydrogen-bond acceptors (Lipinski definition) is 5. The second-order valence-electron chi connectivity index (χ2n) is 8.88. The summed E-state index contributed by atoms with van der Waals surface area (Å²) < 4.78 is 11.1. The zero-order chi connectivity index (χ0) is 29.1. The number of nitrogens with one attached hydrogen (secondary N) is 2. The molecule has 0 fully saturated rings. The average Bonchev–Trinajstić information content (AvgIpc) is 3.08. The van der Waals surface area contributed by atoms with Gasteiger partial charge >= 0.3 is 6.09 Å². The minimum atomic E-state index is -1.33. The third-order valence-corrected chi connectivity index (χ3v) is 7.46. The topological polar surface area (TPSA) is 89.0 Å². The molecule has 4 aromatic carbocycles. The number of anilines is 1. The first kappa shape index (κ1) is 28.8. The van der Waals surface area contributed by atoms with Crippen LogP contribution in [0, 0.1) is 0 Å². The fourth-order valence-electron chi connectivity index (χ4n) is 4.35. The highest BCUT2D eigenvalue weighted by molar-refractivity contribution is 6.37. The summed E-state index contributed by atoms with van der Waals surface area (Å²) in [6.45, 7) is 0. The fraction of sp³-hybridized carbons (Fsp3) is 0.100. The van der Waals surface area contributed by atoms with E-state index >= 15 is 0 Å². The summed E-state index contributed by atoms with van der Waals surface area (Å²) in [4.78, 5) is 31.2. The molecule has 5 rings (SSSR count). The minimum absolute atomic E-state index is 0.171. The fourth-order valence-corrected chi connectivity index (χ4v) is 5.53. The summed E-state index contributed by atoms with van der Waals surface area (Å²) in [7, 11) is 1.47. The molecular weight excluding hydrogens is 608 g/mol. The van der Waals surface area contributed by atoms with Gasteiger partial charge in [-0.1, -0.05) is 101 Å². The summed E-state index contributed by atoms with van der Waals surface area (Å²) >= 11 is 25.7. The van der Waals surface area contributed by atoms with Crippen molar-refractivity contribution >= 4 is 69.8 Å². The maximum atomic E-state index is 13.4. The molecule has 41 heavy (non-hydrogen) atoms. The van der Waals surface area contributed by atoms with E-state index < -0.39 is 24.3 Å². The average molecular weight is 629 g/mol. The number of carbonyl (C=O) groups excluding carboxylic acids is 2. The molecule has 0 bridgehead atoms. The van der Waals surface area contributed by atoms with Crippen LogP contribution >= 0.6 is 46.4 Å². The van der Waals surface area contributed by atoms with Gasteiger partial charge in [0.1, 0.15) is 5.75 Å². The molecule has 11 heteroatoms. The molecule has 0 spiro atoms. The Balaban J connectivity index is 1.51. The lowest BCUT2D eigenvalue weighted by atomic mass is 10.0. The zero-order valence-electron chi connectivity index (χ0n) is 21.3. The summed E-state index contributed by atoms with van der Waals surface area (Å²) in [6.07, 6.45) is -3.46. The SMILES string of the molecule is COc1cc(Cl)c([C@@H](OC(=O)NC2N=C(c3ccccc3)c3ccccc3NC2=O)c2ccc(Cl)cc2Cl)c(Cl)c1. The number of aliphatic imine (C=N–C) groups is 1. The molecular formula is C30H21Cl4N3O4. The van der Waals surface area contributed by atoms with Crippen LogP contribution in [0.1, 0.15) is 28.4 Å². The van der Waals surface area contributed by atoms with Gasteiger partial charge in [-0.15, -0.1) is 0 Å². The van der Waals surface area contributed by atoms with E-state index in [0.29, 0.717) is 33.3 Å². The molecule has 2 atom stereocenters. The molecule has 1 heterocycles. The maximum absolute atomic E-state index is 13.4. The van der Waals surface area contributed by atoms with Crippen LogP contribution in [0.4, 0.5) is 10.5 Å². The summed E-state index contributed by atoms with van der Waals surface area (Å²) in [5.74, 6) is -0.145. The first-order chi connectivity index (χ1) is 19.7. The number of methoxy groups -OCH3 is 1. The third kappa shape index (κ3) is 6.29. The van der Waals surface area contributed by atoms with Crippen molar-refractivity contribution in [3.05, 3.63) is 127 Å². The van der Waals surface area contributed by atoms with Crippen LogP contribution in [0.2, 0.25) is 20.1 Å². The van der Waals surface area contributed by atoms with Gasteiger partial charge in [0.25, 0.3) is 5.91 Å². The summed E-state index contributed by atoms with van der Waals surface area (Å²) in [5.41, 5.74) is 3.17. The third-order valence-electron chi connectivity index (χ3n) is 6.27. The van der Waals surface area contributed by atoms with E-state index in [2.05, 4.69) is 15.6 Å². The summed E-state index contributed by atoms with van der Waals surface area (Å²) in [5, 5.41) is 6.33. The van der Waals surface area contributed by atoms with Gasteiger partial charge in [-0.05, 0) is 30.3 Å². The van der Waals surface area contributed by atoms with Gasteiger partial charge in [0.2, 0.25) is 6.17 Å². The first-order valence-electron chi connectivity index (χ1n) is 12.2. The predicted octanol–water partition coefficient (Wildman–Crippen LogP) is 7.94. The number of halogens is 4. The molecule has 0 saturated heterocycles. The van der Waals surface area contributed by atoms with Gasteiger partial charge in [-0.25, -0.2) is 9.79 Å². The highest BCUT2D eigenvalue weighted by atomic mass is 35.5. The molecule has 7 nitrogen and oxygen atoms in total. The minimum Gasteiger partial charge on any atom is -0.497 e. The molecule has 0 radical (unpaired) electrons. The van der Waals surface area contributed by atoms with E-state index in [-0.39, 0.29) is 20.6 Å². The van der Waals surface area contributed by atoms with Crippen molar-refractivity contribution < 1.29 is 19.1 Å². The second kappa shape index (κ2) is 12.4. The van der Waals surface area contributed by atoms with E-state index in [1.165, 1.54) is 25.3 Å². The molecule has 1 aliphatic heterocycles. The van der Waals surface area contributed by atoms with E-state index in [1.807, 2.05) is 42.5 Å². The zero-order valence-corrected chi connectivity index (χ0v) is 24.4. The molecule has 0 saturated carbocycles. The van der Waals surface area contributed by atoms with Crippen molar-refractivity contribution in [2.45, 2.75) is 12.3 Å². The van der Waals surface area contributed by atoms with Crippen molar-refractivity contribution in [1.29, 1.82) is 0 Å². The van der Waals surface area contributed by atoms with Crippen molar-refractivity contribution in [3.63, 3.8) is 0 Å². The molecule has 0 aromatic heterocycles. The number of carbonyl (C=O) groups is 2. The Bertz CT molecular complexity index is 1640. The Morgan fingerprint density at radius 1 is 0.902 bits per heavy atom. The number of fused-ring (bicyclic) bond motifs is 1. The largest absolute Gasteiger partial charge is 0.497 e. The van der Waals surface area contributed by atoms with E-state index in [9.17, 15) is 9.59 Å². The van der Waals surface area contributed by atoms with Crippen molar-refractivity contribution in [2.24, 2.45) is 4.99 Å². The number of amides is 2. The molecule has 1 unspecified atom stereocenters. The van der Waals surface area contributed by atoms with Crippen LogP contribution in [0.15, 0.2) is 89.9 Å². The van der Waals surface area contributed by atoms with E-state index in [4.69, 9.17) is 55.9 Å². The van der Waals surface area contributed by atoms with Crippen LogP contribution in [0.3, 0.4) is 0 Å². The number of benzene rings is 4. The number of benzodiazepines with no additional fused rings is 1. The molecule has 2 N–H and O–H groups in total. The van der Waals surface area contributed by atoms with Crippen molar-refractivity contribution in [3.8, 4) is 5.75 Å². The number of alkyl carbamates (subject to hydrolysis) is 1. The standard InChI is InChI=1S/C30H21Cl4N3O4/c1-40-18-14-22(33)25(23(34)15-18)27(19-12-11-17(31)13-21(19)32)41-30(39)37-28-29(38)35-24-10-6-5-9-20(24)26(36-28)16-7-3-2-4-8-16/h2-15,27-28H,1H3,(H,35,38)(H,37,39)/t27-,28?/m0/s1. The van der Waals surface area contributed by atoms with Gasteiger partial charge in [0.05, 0.1) is 28.6 Å². The van der Waals surface area contributed by atoms with Crippen molar-refractivity contribution in [1.82, 2.24) is 5.32 Å². The molecule has 4 aromatic rings. The van der Waals surface area contributed by atoms with E-state index in [1.54, 1.807) is 24.3 Å². The molecule has 2 amide bonds. The Morgan fingerprint density at radius 3 is 2.27 bits per heavy atom. The van der Waals surface area contributed by atoms with Crippen LogP contribution in [-0.4, -0.2) is 31.0 Å². The number of para-hydroxylation sites is 1. The smallest absolute Gasteiger partial charge is 0.410 e. The monoisotopic (exact) mass is 627 g/mol. The highest BCUT2D eigenvalue weighted by Crippen LogP contribution is 2.42. The van der Waals surface area contributed by atoms with Crippen LogP contribution in [-0.2, 0) is 9.53 Å². The van der Waals surface area contributed by atoms with Gasteiger partial charge in [-0.3, -0.25) is 10.1 Å². The molecule has 1 aliphatic rings. The van der Waals surface area contributed by atoms with Crippen LogP contribution < -0.4 is 15.4 Å². The Hall–Kier alpha value is -3.75. The van der Waals surface area contributed by atoms with Gasteiger partial charge in [-0.2, -0.15) is 0 Å². The number of rotatable bonds is 6. The Morgan fingerprint density at radius 2 is 1.59 bits per heavy atom. The second-order valence-corrected chi connectivity index (χ2v) is 10.5. The molecule has 208 valence electrons. The number of hydrogen-bond donors (Lipinski definition) is 2. The first-order valence-corrected chi connectivity index (χ1v) is 13.7. The lowest BCUT2D eigenvalue weighted by molar-refractivity contribution is -0.117. The van der Waals surface area contributed by atoms with Crippen molar-refractivity contribution in [2.75, 3.05) is 12.4 Å². The summed E-state index contributed by atoms with van der Waals surface area (Å²) in [6, 6.07) is 24.3. The normalized spacial score (nSPS) is 15.1. The quantitative estimate of drug-likeness (QED) is 0.227. The van der Waals surface area contributed by atoms with Gasteiger partial charge < -0.3 is 14.8 Å². The lowest BCUT2D eigenvalue weighted by Gasteiger charge is -2.23. The Kier molecular flexibility index (Phi) is 8.71. The predicted molar refractivity (Wildman–Crippen MR) is 162 cm³/mol. The molecule has 0 aliphatic carbocycles. The van der Waals surface area contributed by atoms with Gasteiger partial charge in [0, 0.05) is 32.3 Å². The highest BCUT2D eigenvalue weighted by Gasteiger charge is 2.31. The van der Waals surface area contributed by atoms with Gasteiger partial charge in [0.15, 0.2) is 6.10 Å². The van der Waals surface area contributed by atoms with Crippen LogP contribution in [0.25, 0.3) is 0 Å². The Labute approximate surface area is 256 Å². The lowest BCUT2D eigenvalue weighted by Crippen LogP contribution is -2.43. The van der Waals surface area contributed by atoms with Crippen LogP contribution in [0.5, 0.6) is 5.75 Å². The number of ether oxygens (including phenoxy) is 2. The number of nitrogens with zero attached hydrogens (tertiary/aromatic N) is 1. The van der Waals surface area contributed by atoms with E-state index in [0.717, 1.165) is 5.56 Å².